The van der Waals surface area contributed by atoms with E-state index >= 15 is 0 Å². The number of rotatable bonds is 0. The summed E-state index contributed by atoms with van der Waals surface area (Å²) in [7, 11) is 0. The van der Waals surface area contributed by atoms with E-state index in [1.807, 2.05) is 6.08 Å². The Balaban J connectivity index is 2.28. The van der Waals surface area contributed by atoms with E-state index in [-0.39, 0.29) is 6.10 Å². The Bertz CT molecular complexity index is 137. The normalized spacial score (nSPS) is 42.9. The molecule has 0 heterocycles. The summed E-state index contributed by atoms with van der Waals surface area (Å²) in [5.41, 5.74) is 1.49. The van der Waals surface area contributed by atoms with E-state index in [9.17, 15) is 0 Å². The third kappa shape index (κ3) is 0.451. The monoisotopic (exact) mass is 110 g/mol. The van der Waals surface area contributed by atoms with Crippen LogP contribution in [0.3, 0.4) is 0 Å². The molecule has 0 aromatic heterocycles. The molecule has 2 bridgehead atoms. The summed E-state index contributed by atoms with van der Waals surface area (Å²) in [4.78, 5) is 0. The topological polar surface area (TPSA) is 20.2 Å². The molecule has 2 aliphatic rings. The zero-order valence-corrected chi connectivity index (χ0v) is 4.80. The SMILES string of the molecule is O[C@@H]1C=C2CC[C@H]1C2. The molecule has 0 amide bonds. The lowest BCUT2D eigenvalue weighted by molar-refractivity contribution is 0.163. The van der Waals surface area contributed by atoms with E-state index in [2.05, 4.69) is 0 Å². The molecular weight excluding hydrogens is 100 g/mol. The van der Waals surface area contributed by atoms with E-state index in [0.29, 0.717) is 5.92 Å². The fourth-order valence-corrected chi connectivity index (χ4v) is 1.73. The molecule has 0 radical (unpaired) electrons. The molecule has 2 aliphatic carbocycles. The van der Waals surface area contributed by atoms with E-state index in [4.69, 9.17) is 5.11 Å². The average Bonchev–Trinajstić information content (AvgIpc) is 2.23. The Morgan fingerprint density at radius 1 is 1.62 bits per heavy atom. The van der Waals surface area contributed by atoms with Crippen LogP contribution in [0.25, 0.3) is 0 Å². The fraction of sp³-hybridized carbons (Fsp3) is 0.714. The van der Waals surface area contributed by atoms with Crippen molar-refractivity contribution in [3.05, 3.63) is 11.6 Å². The number of aliphatic hydroxyl groups is 1. The van der Waals surface area contributed by atoms with Gasteiger partial charge in [0.25, 0.3) is 0 Å². The maximum atomic E-state index is 9.14. The highest BCUT2D eigenvalue weighted by atomic mass is 16.3. The third-order valence-electron chi connectivity index (χ3n) is 2.25. The Hall–Kier alpha value is -0.300. The van der Waals surface area contributed by atoms with Crippen molar-refractivity contribution in [1.29, 1.82) is 0 Å². The van der Waals surface area contributed by atoms with Gasteiger partial charge >= 0.3 is 0 Å². The standard InChI is InChI=1S/C7H10O/c8-7-4-5-1-2-6(7)3-5/h4,6-8H,1-3H2/t6-,7+/m0/s1. The molecule has 0 spiro atoms. The molecule has 2 rings (SSSR count). The zero-order chi connectivity index (χ0) is 5.56. The second kappa shape index (κ2) is 1.35. The van der Waals surface area contributed by atoms with Gasteiger partial charge in [-0.2, -0.15) is 0 Å². The highest BCUT2D eigenvalue weighted by Gasteiger charge is 2.30. The van der Waals surface area contributed by atoms with E-state index in [0.717, 1.165) is 0 Å². The lowest BCUT2D eigenvalue weighted by atomic mass is 10.0. The van der Waals surface area contributed by atoms with Crippen LogP contribution in [0.2, 0.25) is 0 Å². The molecule has 1 fully saturated rings. The van der Waals surface area contributed by atoms with Gasteiger partial charge in [-0.05, 0) is 25.2 Å². The lowest BCUT2D eigenvalue weighted by Gasteiger charge is -2.09. The molecule has 1 saturated carbocycles. The first-order valence-corrected chi connectivity index (χ1v) is 3.24. The van der Waals surface area contributed by atoms with Crippen molar-refractivity contribution >= 4 is 0 Å². The highest BCUT2D eigenvalue weighted by Crippen LogP contribution is 2.39. The Morgan fingerprint density at radius 3 is 2.75 bits per heavy atom. The van der Waals surface area contributed by atoms with Crippen molar-refractivity contribution in [2.75, 3.05) is 0 Å². The first-order chi connectivity index (χ1) is 3.86. The van der Waals surface area contributed by atoms with Crippen LogP contribution < -0.4 is 0 Å². The van der Waals surface area contributed by atoms with Gasteiger partial charge < -0.3 is 5.11 Å². The van der Waals surface area contributed by atoms with Gasteiger partial charge in [0, 0.05) is 0 Å². The summed E-state index contributed by atoms with van der Waals surface area (Å²) >= 11 is 0. The molecule has 0 unspecified atom stereocenters. The molecule has 0 aromatic rings. The molecule has 1 N–H and O–H groups in total. The number of aliphatic hydroxyl groups excluding tert-OH is 1. The zero-order valence-electron chi connectivity index (χ0n) is 4.80. The Kier molecular flexibility index (Phi) is 0.770. The number of hydrogen-bond donors (Lipinski definition) is 1. The van der Waals surface area contributed by atoms with Crippen LogP contribution in [0.4, 0.5) is 0 Å². The molecule has 44 valence electrons. The van der Waals surface area contributed by atoms with Crippen molar-refractivity contribution in [3.8, 4) is 0 Å². The predicted molar refractivity (Wildman–Crippen MR) is 31.4 cm³/mol. The summed E-state index contributed by atoms with van der Waals surface area (Å²) in [6.45, 7) is 0. The molecule has 0 saturated heterocycles. The first kappa shape index (κ1) is 4.57. The van der Waals surface area contributed by atoms with Gasteiger partial charge in [-0.25, -0.2) is 0 Å². The first-order valence-electron chi connectivity index (χ1n) is 3.24. The number of fused-ring (bicyclic) bond motifs is 2. The van der Waals surface area contributed by atoms with Crippen LogP contribution in [-0.4, -0.2) is 11.2 Å². The second-order valence-corrected chi connectivity index (χ2v) is 2.82. The van der Waals surface area contributed by atoms with Crippen molar-refractivity contribution < 1.29 is 5.11 Å². The molecule has 0 aromatic carbocycles. The van der Waals surface area contributed by atoms with E-state index in [1.165, 1.54) is 24.8 Å². The van der Waals surface area contributed by atoms with Crippen molar-refractivity contribution in [2.45, 2.75) is 25.4 Å². The van der Waals surface area contributed by atoms with Crippen LogP contribution in [-0.2, 0) is 0 Å². The van der Waals surface area contributed by atoms with Gasteiger partial charge in [-0.1, -0.05) is 11.6 Å². The number of hydrogen-bond acceptors (Lipinski definition) is 1. The van der Waals surface area contributed by atoms with Gasteiger partial charge in [0.15, 0.2) is 0 Å². The van der Waals surface area contributed by atoms with E-state index in [1.54, 1.807) is 0 Å². The minimum Gasteiger partial charge on any atom is -0.389 e. The fourth-order valence-electron chi connectivity index (χ4n) is 1.73. The maximum Gasteiger partial charge on any atom is 0.0754 e. The van der Waals surface area contributed by atoms with Gasteiger partial charge in [-0.3, -0.25) is 0 Å². The van der Waals surface area contributed by atoms with Gasteiger partial charge in [0.1, 0.15) is 0 Å². The predicted octanol–water partition coefficient (Wildman–Crippen LogP) is 1.09. The van der Waals surface area contributed by atoms with Crippen LogP contribution in [0, 0.1) is 5.92 Å². The average molecular weight is 110 g/mol. The van der Waals surface area contributed by atoms with Crippen LogP contribution in [0.1, 0.15) is 19.3 Å². The molecule has 1 heteroatoms. The van der Waals surface area contributed by atoms with Gasteiger partial charge in [0.05, 0.1) is 6.10 Å². The molecule has 0 aliphatic heterocycles. The van der Waals surface area contributed by atoms with E-state index < -0.39 is 0 Å². The van der Waals surface area contributed by atoms with Crippen molar-refractivity contribution in [3.63, 3.8) is 0 Å². The molecule has 2 atom stereocenters. The Morgan fingerprint density at radius 2 is 2.50 bits per heavy atom. The molecule has 8 heavy (non-hydrogen) atoms. The van der Waals surface area contributed by atoms with Crippen LogP contribution >= 0.6 is 0 Å². The summed E-state index contributed by atoms with van der Waals surface area (Å²) in [6, 6.07) is 0. The smallest absolute Gasteiger partial charge is 0.0754 e. The minimum absolute atomic E-state index is 0.0845. The van der Waals surface area contributed by atoms with Crippen LogP contribution in [0.5, 0.6) is 0 Å². The summed E-state index contributed by atoms with van der Waals surface area (Å²) in [5, 5.41) is 9.14. The van der Waals surface area contributed by atoms with Crippen molar-refractivity contribution in [2.24, 2.45) is 5.92 Å². The van der Waals surface area contributed by atoms with Crippen molar-refractivity contribution in [1.82, 2.24) is 0 Å². The lowest BCUT2D eigenvalue weighted by Crippen LogP contribution is -2.11. The summed E-state index contributed by atoms with van der Waals surface area (Å²) in [5.74, 6) is 0.602. The minimum atomic E-state index is -0.0845. The van der Waals surface area contributed by atoms with Gasteiger partial charge in [0.2, 0.25) is 0 Å². The highest BCUT2D eigenvalue weighted by molar-refractivity contribution is 5.19. The van der Waals surface area contributed by atoms with Crippen LogP contribution in [0.15, 0.2) is 11.6 Å². The second-order valence-electron chi connectivity index (χ2n) is 2.82. The maximum absolute atomic E-state index is 9.14. The Labute approximate surface area is 49.0 Å². The molecular formula is C7H10O. The summed E-state index contributed by atoms with van der Waals surface area (Å²) < 4.78 is 0. The third-order valence-corrected chi connectivity index (χ3v) is 2.25. The number of allylic oxidation sites excluding steroid dienone is 1. The van der Waals surface area contributed by atoms with Gasteiger partial charge in [-0.15, -0.1) is 0 Å². The summed E-state index contributed by atoms with van der Waals surface area (Å²) in [6.07, 6.45) is 5.60. The quantitative estimate of drug-likeness (QED) is 0.463. The molecule has 1 nitrogen and oxygen atoms in total. The largest absolute Gasteiger partial charge is 0.389 e.